The number of benzene rings is 2. The maximum Gasteiger partial charge on any atom is 0.265 e. The number of amides is 2. The van der Waals surface area contributed by atoms with Crippen molar-refractivity contribution in [2.45, 2.75) is 26.5 Å². The minimum atomic E-state index is -0.745. The predicted octanol–water partition coefficient (Wildman–Crippen LogP) is 4.38. The average Bonchev–Trinajstić information content (AvgIpc) is 2.59. The summed E-state index contributed by atoms with van der Waals surface area (Å²) in [7, 11) is 1.71. The Morgan fingerprint density at radius 1 is 1.15 bits per heavy atom. The van der Waals surface area contributed by atoms with Gasteiger partial charge in [-0.15, -0.1) is 0 Å². The van der Waals surface area contributed by atoms with Crippen molar-refractivity contribution >= 4 is 40.7 Å². The molecule has 1 atom stereocenters. The normalized spacial score (nSPS) is 11.6. The van der Waals surface area contributed by atoms with E-state index in [2.05, 4.69) is 5.32 Å². The molecule has 26 heavy (non-hydrogen) atoms. The summed E-state index contributed by atoms with van der Waals surface area (Å²) in [5, 5.41) is 3.61. The summed E-state index contributed by atoms with van der Waals surface area (Å²) in [5.74, 6) is 0.0862. The summed E-state index contributed by atoms with van der Waals surface area (Å²) in [6.45, 7) is 3.53. The summed E-state index contributed by atoms with van der Waals surface area (Å²) >= 11 is 11.8. The van der Waals surface area contributed by atoms with Crippen LogP contribution in [-0.4, -0.2) is 29.9 Å². The van der Waals surface area contributed by atoms with Crippen LogP contribution in [0.1, 0.15) is 19.4 Å². The van der Waals surface area contributed by atoms with Crippen LogP contribution in [0.5, 0.6) is 5.75 Å². The van der Waals surface area contributed by atoms with E-state index < -0.39 is 6.10 Å². The Hall–Kier alpha value is -2.24. The fourth-order valence-electron chi connectivity index (χ4n) is 2.19. The number of ether oxygens (including phenoxy) is 1. The Kier molecular flexibility index (Phi) is 6.89. The highest BCUT2D eigenvalue weighted by atomic mass is 35.5. The number of carbonyl (C=O) groups excluding carboxylic acids is 2. The molecule has 0 aliphatic heterocycles. The molecule has 2 aromatic carbocycles. The molecule has 0 saturated heterocycles. The number of halogens is 2. The van der Waals surface area contributed by atoms with Gasteiger partial charge in [0.25, 0.3) is 5.91 Å². The van der Waals surface area contributed by atoms with Crippen molar-refractivity contribution in [1.29, 1.82) is 0 Å². The third-order valence-corrected chi connectivity index (χ3v) is 4.53. The van der Waals surface area contributed by atoms with Crippen LogP contribution in [0.4, 0.5) is 5.69 Å². The molecule has 0 aliphatic carbocycles. The van der Waals surface area contributed by atoms with Gasteiger partial charge in [0.15, 0.2) is 6.10 Å². The van der Waals surface area contributed by atoms with Crippen LogP contribution in [0.25, 0.3) is 0 Å². The van der Waals surface area contributed by atoms with Gasteiger partial charge < -0.3 is 15.0 Å². The van der Waals surface area contributed by atoms with Crippen LogP contribution >= 0.6 is 23.2 Å². The molecule has 0 aliphatic rings. The molecule has 0 radical (unpaired) electrons. The number of carbonyl (C=O) groups is 2. The molecular weight excluding hydrogens is 375 g/mol. The van der Waals surface area contributed by atoms with Gasteiger partial charge in [-0.25, -0.2) is 0 Å². The third kappa shape index (κ3) is 5.38. The Balaban J connectivity index is 2.06. The third-order valence-electron chi connectivity index (χ3n) is 3.79. The molecular formula is C19H20Cl2N2O3. The standard InChI is InChI=1S/C19H20Cl2N2O3/c1-12(26-15-8-9-16(20)17(21)10-15)19(25)22-18-7-5-4-6-14(18)11-23(3)13(2)24/h4-10,12H,11H2,1-3H3,(H,22,25). The average molecular weight is 395 g/mol. The predicted molar refractivity (Wildman–Crippen MR) is 104 cm³/mol. The maximum atomic E-state index is 12.5. The number of nitrogens with zero attached hydrogens (tertiary/aromatic N) is 1. The van der Waals surface area contributed by atoms with Crippen LogP contribution in [0.3, 0.4) is 0 Å². The second-order valence-electron chi connectivity index (χ2n) is 5.86. The first-order chi connectivity index (χ1) is 12.3. The van der Waals surface area contributed by atoms with Crippen LogP contribution in [-0.2, 0) is 16.1 Å². The Labute approximate surface area is 162 Å². The van der Waals surface area contributed by atoms with Crippen LogP contribution < -0.4 is 10.1 Å². The first kappa shape index (κ1) is 20.1. The van der Waals surface area contributed by atoms with E-state index in [1.165, 1.54) is 6.92 Å². The lowest BCUT2D eigenvalue weighted by Crippen LogP contribution is -2.31. The zero-order valence-corrected chi connectivity index (χ0v) is 16.3. The van der Waals surface area contributed by atoms with Gasteiger partial charge in [-0.1, -0.05) is 41.4 Å². The molecule has 0 fully saturated rings. The number of anilines is 1. The van der Waals surface area contributed by atoms with E-state index >= 15 is 0 Å². The largest absolute Gasteiger partial charge is 0.481 e. The molecule has 0 bridgehead atoms. The van der Waals surface area contributed by atoms with E-state index in [0.29, 0.717) is 28.0 Å². The van der Waals surface area contributed by atoms with Crippen molar-refractivity contribution in [2.75, 3.05) is 12.4 Å². The summed E-state index contributed by atoms with van der Waals surface area (Å²) in [6.07, 6.45) is -0.745. The highest BCUT2D eigenvalue weighted by Crippen LogP contribution is 2.27. The lowest BCUT2D eigenvalue weighted by atomic mass is 10.1. The van der Waals surface area contributed by atoms with Crippen molar-refractivity contribution < 1.29 is 14.3 Å². The minimum Gasteiger partial charge on any atom is -0.481 e. The molecule has 2 amide bonds. The monoisotopic (exact) mass is 394 g/mol. The van der Waals surface area contributed by atoms with Crippen molar-refractivity contribution in [2.24, 2.45) is 0 Å². The van der Waals surface area contributed by atoms with Gasteiger partial charge in [-0.2, -0.15) is 0 Å². The SMILES string of the molecule is CC(=O)N(C)Cc1ccccc1NC(=O)C(C)Oc1ccc(Cl)c(Cl)c1. The van der Waals surface area contributed by atoms with Crippen LogP contribution in [0, 0.1) is 0 Å². The zero-order chi connectivity index (χ0) is 19.3. The van der Waals surface area contributed by atoms with Gasteiger partial charge in [-0.3, -0.25) is 9.59 Å². The zero-order valence-electron chi connectivity index (χ0n) is 14.8. The van der Waals surface area contributed by atoms with Crippen molar-refractivity contribution in [1.82, 2.24) is 4.90 Å². The van der Waals surface area contributed by atoms with Gasteiger partial charge in [0.05, 0.1) is 10.0 Å². The number of nitrogens with one attached hydrogen (secondary N) is 1. The molecule has 1 unspecified atom stereocenters. The highest BCUT2D eigenvalue weighted by molar-refractivity contribution is 6.42. The first-order valence-corrected chi connectivity index (χ1v) is 8.75. The first-order valence-electron chi connectivity index (χ1n) is 8.00. The van der Waals surface area contributed by atoms with Crippen molar-refractivity contribution in [3.8, 4) is 5.75 Å². The Morgan fingerprint density at radius 2 is 1.85 bits per heavy atom. The highest BCUT2D eigenvalue weighted by Gasteiger charge is 2.17. The molecule has 0 aromatic heterocycles. The second kappa shape index (κ2) is 8.92. The van der Waals surface area contributed by atoms with E-state index in [1.54, 1.807) is 43.1 Å². The maximum absolute atomic E-state index is 12.5. The fraction of sp³-hybridized carbons (Fsp3) is 0.263. The fourth-order valence-corrected chi connectivity index (χ4v) is 2.48. The summed E-state index contributed by atoms with van der Waals surface area (Å²) in [5.41, 5.74) is 1.47. The molecule has 138 valence electrons. The Bertz CT molecular complexity index is 811. The smallest absolute Gasteiger partial charge is 0.265 e. The second-order valence-corrected chi connectivity index (χ2v) is 6.67. The summed E-state index contributed by atoms with van der Waals surface area (Å²) < 4.78 is 5.62. The Morgan fingerprint density at radius 3 is 2.50 bits per heavy atom. The number of hydrogen-bond donors (Lipinski definition) is 1. The lowest BCUT2D eigenvalue weighted by molar-refractivity contribution is -0.128. The van der Waals surface area contributed by atoms with Crippen molar-refractivity contribution in [3.63, 3.8) is 0 Å². The number of hydrogen-bond acceptors (Lipinski definition) is 3. The van der Waals surface area contributed by atoms with Gasteiger partial charge in [0.1, 0.15) is 5.75 Å². The van der Waals surface area contributed by atoms with Crippen LogP contribution in [0.2, 0.25) is 10.0 Å². The number of para-hydroxylation sites is 1. The van der Waals surface area contributed by atoms with Crippen LogP contribution in [0.15, 0.2) is 42.5 Å². The minimum absolute atomic E-state index is 0.0533. The van der Waals surface area contributed by atoms with E-state index in [1.807, 2.05) is 18.2 Å². The molecule has 7 heteroatoms. The molecule has 0 saturated carbocycles. The van der Waals surface area contributed by atoms with E-state index in [-0.39, 0.29) is 11.8 Å². The summed E-state index contributed by atoms with van der Waals surface area (Å²) in [6, 6.07) is 12.1. The van der Waals surface area contributed by atoms with Gasteiger partial charge in [0.2, 0.25) is 5.91 Å². The lowest BCUT2D eigenvalue weighted by Gasteiger charge is -2.19. The topological polar surface area (TPSA) is 58.6 Å². The van der Waals surface area contributed by atoms with Gasteiger partial charge in [0, 0.05) is 32.3 Å². The summed E-state index contributed by atoms with van der Waals surface area (Å²) in [4.78, 5) is 25.5. The van der Waals surface area contributed by atoms with Gasteiger partial charge >= 0.3 is 0 Å². The van der Waals surface area contributed by atoms with E-state index in [4.69, 9.17) is 27.9 Å². The van der Waals surface area contributed by atoms with E-state index in [0.717, 1.165) is 5.56 Å². The quantitative estimate of drug-likeness (QED) is 0.790. The molecule has 2 aromatic rings. The van der Waals surface area contributed by atoms with Gasteiger partial charge in [-0.05, 0) is 30.7 Å². The number of rotatable bonds is 6. The van der Waals surface area contributed by atoms with Crippen molar-refractivity contribution in [3.05, 3.63) is 58.1 Å². The molecule has 2 rings (SSSR count). The molecule has 5 nitrogen and oxygen atoms in total. The molecule has 0 heterocycles. The molecule has 1 N–H and O–H groups in total. The molecule has 0 spiro atoms. The van der Waals surface area contributed by atoms with E-state index in [9.17, 15) is 9.59 Å².